The van der Waals surface area contributed by atoms with Gasteiger partial charge in [0.05, 0.1) is 22.1 Å². The summed E-state index contributed by atoms with van der Waals surface area (Å²) in [4.78, 5) is 4.38. The van der Waals surface area contributed by atoms with Gasteiger partial charge in [-0.2, -0.15) is 5.10 Å². The molecule has 2 aromatic heterocycles. The number of nitrogens with two attached hydrogens (primary N) is 2. The lowest BCUT2D eigenvalue weighted by Gasteiger charge is -2.00. The second kappa shape index (κ2) is 7.84. The highest BCUT2D eigenvalue weighted by Gasteiger charge is 2.01. The van der Waals surface area contributed by atoms with Crippen LogP contribution in [0.25, 0.3) is 16.9 Å². The molecule has 132 valence electrons. The Kier molecular flexibility index (Phi) is 5.34. The molecule has 2 heterocycles. The van der Waals surface area contributed by atoms with Crippen LogP contribution in [0.2, 0.25) is 0 Å². The zero-order chi connectivity index (χ0) is 18.5. The van der Waals surface area contributed by atoms with Crippen molar-refractivity contribution in [3.8, 4) is 16.9 Å². The van der Waals surface area contributed by atoms with Gasteiger partial charge in [-0.3, -0.25) is 0 Å². The van der Waals surface area contributed by atoms with E-state index in [1.807, 2.05) is 84.7 Å². The highest BCUT2D eigenvalue weighted by molar-refractivity contribution is 7.09. The maximum absolute atomic E-state index is 5.68. The van der Waals surface area contributed by atoms with Gasteiger partial charge in [0.1, 0.15) is 0 Å². The van der Waals surface area contributed by atoms with Crippen LogP contribution in [-0.2, 0) is 0 Å². The minimum atomic E-state index is 0.771. The maximum Gasteiger partial charge on any atom is 0.0901 e. The minimum Gasteiger partial charge on any atom is -0.399 e. The average Bonchev–Trinajstić information content (AvgIpc) is 3.25. The number of aromatic nitrogens is 3. The summed E-state index contributed by atoms with van der Waals surface area (Å²) in [6.45, 7) is 3.97. The molecule has 0 fully saturated rings. The second-order valence-corrected chi connectivity index (χ2v) is 6.93. The number of anilines is 2. The predicted octanol–water partition coefficient (Wildman–Crippen LogP) is 4.46. The monoisotopic (exact) mass is 363 g/mol. The van der Waals surface area contributed by atoms with Crippen LogP contribution in [0.3, 0.4) is 0 Å². The smallest absolute Gasteiger partial charge is 0.0901 e. The van der Waals surface area contributed by atoms with E-state index in [-0.39, 0.29) is 0 Å². The molecule has 26 heavy (non-hydrogen) atoms. The van der Waals surface area contributed by atoms with Crippen LogP contribution >= 0.6 is 11.3 Å². The van der Waals surface area contributed by atoms with Crippen LogP contribution in [-0.4, -0.2) is 14.8 Å². The van der Waals surface area contributed by atoms with Gasteiger partial charge in [-0.1, -0.05) is 12.1 Å². The molecule has 0 atom stereocenters. The summed E-state index contributed by atoms with van der Waals surface area (Å²) in [6.07, 6.45) is 1.93. The molecule has 0 radical (unpaired) electrons. The van der Waals surface area contributed by atoms with Crippen molar-refractivity contribution in [2.75, 3.05) is 11.5 Å². The largest absolute Gasteiger partial charge is 0.399 e. The van der Waals surface area contributed by atoms with E-state index < -0.39 is 0 Å². The Balaban J connectivity index is 0.000000151. The first kappa shape index (κ1) is 17.7. The SMILES string of the molecule is Cc1ccn(-c2ccc(N)cc2)n1.Cc1nc(-c2cccc(N)c2)cs1. The van der Waals surface area contributed by atoms with Crippen molar-refractivity contribution in [1.82, 2.24) is 14.8 Å². The summed E-state index contributed by atoms with van der Waals surface area (Å²) >= 11 is 1.65. The summed E-state index contributed by atoms with van der Waals surface area (Å²) in [6, 6.07) is 17.4. The Bertz CT molecular complexity index is 985. The molecule has 0 spiro atoms. The van der Waals surface area contributed by atoms with Crippen molar-refractivity contribution in [2.45, 2.75) is 13.8 Å². The van der Waals surface area contributed by atoms with Gasteiger partial charge in [-0.25, -0.2) is 9.67 Å². The summed E-state index contributed by atoms with van der Waals surface area (Å²) in [5.41, 5.74) is 16.9. The number of thiazole rings is 1. The Morgan fingerprint density at radius 3 is 2.27 bits per heavy atom. The van der Waals surface area contributed by atoms with E-state index in [2.05, 4.69) is 10.1 Å². The van der Waals surface area contributed by atoms with E-state index in [0.717, 1.165) is 39.0 Å². The number of benzene rings is 2. The third-order valence-corrected chi connectivity index (χ3v) is 4.45. The van der Waals surface area contributed by atoms with Crippen molar-refractivity contribution in [3.05, 3.63) is 76.9 Å². The van der Waals surface area contributed by atoms with Crippen LogP contribution in [0.4, 0.5) is 11.4 Å². The quantitative estimate of drug-likeness (QED) is 0.515. The van der Waals surface area contributed by atoms with Crippen molar-refractivity contribution >= 4 is 22.7 Å². The molecular weight excluding hydrogens is 342 g/mol. The molecule has 2 aromatic carbocycles. The van der Waals surface area contributed by atoms with E-state index in [4.69, 9.17) is 11.5 Å². The van der Waals surface area contributed by atoms with Crippen LogP contribution in [0.15, 0.2) is 66.2 Å². The van der Waals surface area contributed by atoms with E-state index >= 15 is 0 Å². The molecule has 4 rings (SSSR count). The lowest BCUT2D eigenvalue weighted by atomic mass is 10.1. The molecule has 0 aliphatic heterocycles. The molecule has 5 nitrogen and oxygen atoms in total. The van der Waals surface area contributed by atoms with Crippen LogP contribution in [0.1, 0.15) is 10.7 Å². The third-order valence-electron chi connectivity index (χ3n) is 3.68. The molecule has 4 N–H and O–H groups in total. The van der Waals surface area contributed by atoms with E-state index in [1.165, 1.54) is 0 Å². The van der Waals surface area contributed by atoms with Gasteiger partial charge in [-0.05, 0) is 56.3 Å². The maximum atomic E-state index is 5.68. The standard InChI is InChI=1S/C10H11N3.C10H10N2S/c1-8-6-7-13(12-8)10-4-2-9(11)3-5-10;1-7-12-10(6-13-7)8-3-2-4-9(11)5-8/h2-7H,11H2,1H3;2-6H,11H2,1H3. The fraction of sp³-hybridized carbons (Fsp3) is 0.100. The molecule has 0 saturated heterocycles. The Labute approximate surface area is 156 Å². The minimum absolute atomic E-state index is 0.771. The van der Waals surface area contributed by atoms with E-state index in [9.17, 15) is 0 Å². The predicted molar refractivity (Wildman–Crippen MR) is 109 cm³/mol. The number of aryl methyl sites for hydroxylation is 2. The molecule has 0 aliphatic carbocycles. The lowest BCUT2D eigenvalue weighted by molar-refractivity contribution is 0.863. The number of hydrogen-bond donors (Lipinski definition) is 2. The molecule has 0 saturated carbocycles. The Hall–Kier alpha value is -3.12. The number of nitrogen functional groups attached to an aromatic ring is 2. The molecule has 0 unspecified atom stereocenters. The zero-order valence-corrected chi connectivity index (χ0v) is 15.6. The summed E-state index contributed by atoms with van der Waals surface area (Å²) < 4.78 is 1.83. The van der Waals surface area contributed by atoms with Gasteiger partial charge in [0.25, 0.3) is 0 Å². The topological polar surface area (TPSA) is 82.8 Å². The zero-order valence-electron chi connectivity index (χ0n) is 14.8. The fourth-order valence-electron chi connectivity index (χ4n) is 2.38. The highest BCUT2D eigenvalue weighted by Crippen LogP contribution is 2.22. The molecule has 6 heteroatoms. The van der Waals surface area contributed by atoms with Gasteiger partial charge in [0.15, 0.2) is 0 Å². The Morgan fingerprint density at radius 2 is 1.69 bits per heavy atom. The van der Waals surface area contributed by atoms with Crippen LogP contribution < -0.4 is 11.5 Å². The first-order valence-corrected chi connectivity index (χ1v) is 9.05. The molecule has 0 aliphatic rings. The first-order chi connectivity index (χ1) is 12.5. The van der Waals surface area contributed by atoms with E-state index in [0.29, 0.717) is 0 Å². The van der Waals surface area contributed by atoms with Gasteiger partial charge >= 0.3 is 0 Å². The summed E-state index contributed by atoms with van der Waals surface area (Å²) in [5.74, 6) is 0. The fourth-order valence-corrected chi connectivity index (χ4v) is 3.00. The van der Waals surface area contributed by atoms with Crippen LogP contribution in [0, 0.1) is 13.8 Å². The number of nitrogens with zero attached hydrogens (tertiary/aromatic N) is 3. The Morgan fingerprint density at radius 1 is 0.923 bits per heavy atom. The first-order valence-electron chi connectivity index (χ1n) is 8.17. The van der Waals surface area contributed by atoms with Crippen molar-refractivity contribution in [1.29, 1.82) is 0 Å². The summed E-state index contributed by atoms with van der Waals surface area (Å²) in [7, 11) is 0. The molecule has 0 bridgehead atoms. The van der Waals surface area contributed by atoms with Gasteiger partial charge in [0.2, 0.25) is 0 Å². The molecular formula is C20H21N5S. The average molecular weight is 363 g/mol. The van der Waals surface area contributed by atoms with Crippen molar-refractivity contribution in [3.63, 3.8) is 0 Å². The summed E-state index contributed by atoms with van der Waals surface area (Å²) in [5, 5.41) is 7.41. The highest BCUT2D eigenvalue weighted by atomic mass is 32.1. The number of hydrogen-bond acceptors (Lipinski definition) is 5. The van der Waals surface area contributed by atoms with Gasteiger partial charge < -0.3 is 11.5 Å². The lowest BCUT2D eigenvalue weighted by Crippen LogP contribution is -1.95. The van der Waals surface area contributed by atoms with Crippen molar-refractivity contribution < 1.29 is 0 Å². The van der Waals surface area contributed by atoms with Gasteiger partial charge in [0, 0.05) is 28.5 Å². The molecule has 4 aromatic rings. The van der Waals surface area contributed by atoms with Gasteiger partial charge in [-0.15, -0.1) is 11.3 Å². The second-order valence-electron chi connectivity index (χ2n) is 5.87. The normalized spacial score (nSPS) is 10.2. The van der Waals surface area contributed by atoms with E-state index in [1.54, 1.807) is 11.3 Å². The number of rotatable bonds is 2. The third kappa shape index (κ3) is 4.49. The molecule has 0 amide bonds. The van der Waals surface area contributed by atoms with Crippen molar-refractivity contribution in [2.24, 2.45) is 0 Å². The van der Waals surface area contributed by atoms with Crippen LogP contribution in [0.5, 0.6) is 0 Å².